The number of nitro benzene ring substituents is 1. The Kier molecular flexibility index (Phi) is 4.84. The molecule has 0 spiro atoms. The van der Waals surface area contributed by atoms with Crippen molar-refractivity contribution in [3.8, 4) is 0 Å². The summed E-state index contributed by atoms with van der Waals surface area (Å²) in [6, 6.07) is 1.23. The van der Waals surface area contributed by atoms with Crippen LogP contribution in [0.25, 0.3) is 0 Å². The van der Waals surface area contributed by atoms with Crippen LogP contribution in [0.5, 0.6) is 0 Å². The summed E-state index contributed by atoms with van der Waals surface area (Å²) in [4.78, 5) is 51.3. The number of benzene rings is 1. The van der Waals surface area contributed by atoms with Gasteiger partial charge in [0.2, 0.25) is 0 Å². The van der Waals surface area contributed by atoms with Crippen LogP contribution in [0.4, 0.5) is 16.2 Å². The monoisotopic (exact) mass is 390 g/mol. The normalized spacial score (nSPS) is 20.2. The molecule has 2 aliphatic rings. The van der Waals surface area contributed by atoms with Crippen molar-refractivity contribution < 1.29 is 24.0 Å². The van der Waals surface area contributed by atoms with Gasteiger partial charge < -0.3 is 15.4 Å². The van der Waals surface area contributed by atoms with E-state index in [0.717, 1.165) is 6.07 Å². The number of hydrogen-bond donors (Lipinski definition) is 1. The number of anilines is 1. The topological polar surface area (TPSA) is 136 Å². The molecule has 1 atom stereocenters. The Morgan fingerprint density at radius 2 is 1.68 bits per heavy atom. The first-order valence-corrected chi connectivity index (χ1v) is 8.88. The van der Waals surface area contributed by atoms with Crippen LogP contribution < -0.4 is 5.73 Å². The molecule has 0 radical (unpaired) electrons. The van der Waals surface area contributed by atoms with Crippen molar-refractivity contribution in [1.29, 1.82) is 0 Å². The Labute approximate surface area is 161 Å². The smallest absolute Gasteiger partial charge is 0.410 e. The molecule has 1 fully saturated rings. The Hall–Kier alpha value is -3.01. The zero-order chi connectivity index (χ0) is 20.8. The summed E-state index contributed by atoms with van der Waals surface area (Å²) in [6.07, 6.45) is -0.442. The van der Waals surface area contributed by atoms with Gasteiger partial charge in [-0.1, -0.05) is 0 Å². The summed E-state index contributed by atoms with van der Waals surface area (Å²) in [5.41, 5.74) is 4.62. The van der Waals surface area contributed by atoms with E-state index >= 15 is 0 Å². The predicted octanol–water partition coefficient (Wildman–Crippen LogP) is 1.48. The molecule has 1 heterocycles. The number of carbonyl (C=O) groups is 3. The number of piperazine rings is 1. The highest BCUT2D eigenvalue weighted by Gasteiger charge is 2.44. The number of ketones is 2. The van der Waals surface area contributed by atoms with E-state index in [9.17, 15) is 24.5 Å². The summed E-state index contributed by atoms with van der Waals surface area (Å²) < 4.78 is 5.34. The summed E-state index contributed by atoms with van der Waals surface area (Å²) >= 11 is 0. The molecule has 1 aliphatic heterocycles. The van der Waals surface area contributed by atoms with Crippen LogP contribution in [0.3, 0.4) is 0 Å². The molecule has 1 aromatic carbocycles. The lowest BCUT2D eigenvalue weighted by Crippen LogP contribution is -2.55. The Morgan fingerprint density at radius 3 is 2.18 bits per heavy atom. The minimum Gasteiger partial charge on any atom is -0.444 e. The van der Waals surface area contributed by atoms with Gasteiger partial charge in [-0.3, -0.25) is 24.6 Å². The highest BCUT2D eigenvalue weighted by molar-refractivity contribution is 6.30. The molecule has 1 amide bonds. The van der Waals surface area contributed by atoms with Crippen molar-refractivity contribution in [3.05, 3.63) is 33.4 Å². The van der Waals surface area contributed by atoms with Gasteiger partial charge in [0.05, 0.1) is 4.92 Å². The van der Waals surface area contributed by atoms with Crippen LogP contribution in [-0.2, 0) is 4.74 Å². The molecule has 150 valence electrons. The van der Waals surface area contributed by atoms with E-state index in [1.165, 1.54) is 11.0 Å². The maximum atomic E-state index is 12.8. The fourth-order valence-corrected chi connectivity index (χ4v) is 3.41. The molecule has 3 rings (SSSR count). The van der Waals surface area contributed by atoms with Gasteiger partial charge in [0.25, 0.3) is 5.69 Å². The second kappa shape index (κ2) is 6.86. The largest absolute Gasteiger partial charge is 0.444 e. The van der Waals surface area contributed by atoms with Crippen LogP contribution in [0, 0.1) is 10.1 Å². The van der Waals surface area contributed by atoms with Gasteiger partial charge in [0.15, 0.2) is 11.6 Å². The van der Waals surface area contributed by atoms with Gasteiger partial charge in [-0.2, -0.15) is 0 Å². The summed E-state index contributed by atoms with van der Waals surface area (Å²) in [5.74, 6) is -0.902. The third-order valence-electron chi connectivity index (χ3n) is 4.72. The van der Waals surface area contributed by atoms with Crippen molar-refractivity contribution in [3.63, 3.8) is 0 Å². The van der Waals surface area contributed by atoms with Crippen LogP contribution in [0.2, 0.25) is 0 Å². The minimum atomic E-state index is -1.04. The number of fused-ring (bicyclic) bond motifs is 1. The highest BCUT2D eigenvalue weighted by Crippen LogP contribution is 2.33. The molecule has 0 aromatic heterocycles. The first-order valence-electron chi connectivity index (χ1n) is 8.88. The molecule has 10 heteroatoms. The van der Waals surface area contributed by atoms with Crippen LogP contribution in [0.1, 0.15) is 41.5 Å². The van der Waals surface area contributed by atoms with E-state index in [2.05, 4.69) is 0 Å². The lowest BCUT2D eigenvalue weighted by molar-refractivity contribution is -0.383. The van der Waals surface area contributed by atoms with E-state index in [1.54, 1.807) is 25.7 Å². The SMILES string of the molecule is CC(C)(C)OC(=O)N1CCN(C2C(=O)c3cc(N)c([N+](=O)[O-])cc3C2=O)CC1. The first-order chi connectivity index (χ1) is 13.0. The molecular weight excluding hydrogens is 368 g/mol. The molecule has 1 aromatic rings. The second-order valence-corrected chi connectivity index (χ2v) is 7.85. The minimum absolute atomic E-state index is 0.0190. The fourth-order valence-electron chi connectivity index (χ4n) is 3.41. The number of amides is 1. The molecule has 0 bridgehead atoms. The van der Waals surface area contributed by atoms with E-state index in [-0.39, 0.29) is 16.8 Å². The lowest BCUT2D eigenvalue weighted by atomic mass is 10.1. The fraction of sp³-hybridized carbons (Fsp3) is 0.500. The van der Waals surface area contributed by atoms with Crippen molar-refractivity contribution in [2.75, 3.05) is 31.9 Å². The zero-order valence-corrected chi connectivity index (χ0v) is 15.9. The number of nitrogens with two attached hydrogens (primary N) is 1. The van der Waals surface area contributed by atoms with Gasteiger partial charge in [-0.05, 0) is 26.8 Å². The van der Waals surface area contributed by atoms with Crippen molar-refractivity contribution in [2.24, 2.45) is 0 Å². The van der Waals surface area contributed by atoms with E-state index < -0.39 is 39.9 Å². The van der Waals surface area contributed by atoms with Gasteiger partial charge in [-0.15, -0.1) is 0 Å². The van der Waals surface area contributed by atoms with Gasteiger partial charge >= 0.3 is 6.09 Å². The Balaban J connectivity index is 1.74. The second-order valence-electron chi connectivity index (χ2n) is 7.85. The highest BCUT2D eigenvalue weighted by atomic mass is 16.6. The van der Waals surface area contributed by atoms with Crippen molar-refractivity contribution in [2.45, 2.75) is 32.4 Å². The standard InChI is InChI=1S/C18H22N4O6/c1-18(2,3)28-17(25)21-6-4-20(5-7-21)14-15(23)10-8-12(19)13(22(26)27)9-11(10)16(14)24/h8-9,14H,4-7,19H2,1-3H3. The Bertz CT molecular complexity index is 868. The maximum absolute atomic E-state index is 12.8. The molecule has 1 unspecified atom stereocenters. The van der Waals surface area contributed by atoms with Crippen molar-refractivity contribution in [1.82, 2.24) is 9.80 Å². The maximum Gasteiger partial charge on any atom is 0.410 e. The van der Waals surface area contributed by atoms with Gasteiger partial charge in [0, 0.05) is 43.4 Å². The van der Waals surface area contributed by atoms with Gasteiger partial charge in [-0.25, -0.2) is 4.79 Å². The lowest BCUT2D eigenvalue weighted by Gasteiger charge is -2.37. The van der Waals surface area contributed by atoms with Crippen LogP contribution in [-0.4, -0.2) is 70.2 Å². The molecular formula is C18H22N4O6. The zero-order valence-electron chi connectivity index (χ0n) is 15.9. The summed E-state index contributed by atoms with van der Waals surface area (Å²) in [7, 11) is 0. The number of ether oxygens (including phenoxy) is 1. The number of hydrogen-bond acceptors (Lipinski definition) is 8. The van der Waals surface area contributed by atoms with E-state index in [0.29, 0.717) is 26.2 Å². The molecule has 28 heavy (non-hydrogen) atoms. The third kappa shape index (κ3) is 3.55. The predicted molar refractivity (Wildman–Crippen MR) is 99.3 cm³/mol. The van der Waals surface area contributed by atoms with Gasteiger partial charge in [0.1, 0.15) is 17.3 Å². The van der Waals surface area contributed by atoms with E-state index in [4.69, 9.17) is 10.5 Å². The number of nitrogen functional groups attached to an aromatic ring is 1. The first kappa shape index (κ1) is 19.7. The third-order valence-corrected chi connectivity index (χ3v) is 4.72. The number of nitro groups is 1. The number of Topliss-reactive ketones (excluding diaryl/α,β-unsaturated/α-hetero) is 2. The number of rotatable bonds is 2. The van der Waals surface area contributed by atoms with Crippen LogP contribution in [0.15, 0.2) is 12.1 Å². The average Bonchev–Trinajstić information content (AvgIpc) is 2.83. The molecule has 0 saturated carbocycles. The molecule has 1 aliphatic carbocycles. The van der Waals surface area contributed by atoms with E-state index in [1.807, 2.05) is 0 Å². The Morgan fingerprint density at radius 1 is 1.14 bits per heavy atom. The summed E-state index contributed by atoms with van der Waals surface area (Å²) in [5, 5.41) is 11.1. The van der Waals surface area contributed by atoms with Crippen molar-refractivity contribution >= 4 is 29.0 Å². The quantitative estimate of drug-likeness (QED) is 0.347. The molecule has 1 saturated heterocycles. The summed E-state index contributed by atoms with van der Waals surface area (Å²) in [6.45, 7) is 6.58. The molecule has 2 N–H and O–H groups in total. The number of nitrogens with zero attached hydrogens (tertiary/aromatic N) is 3. The number of carbonyl (C=O) groups excluding carboxylic acids is 3. The van der Waals surface area contributed by atoms with Crippen LogP contribution >= 0.6 is 0 Å². The average molecular weight is 390 g/mol. The molecule has 10 nitrogen and oxygen atoms in total.